The minimum absolute atomic E-state index is 0.205. The van der Waals surface area contributed by atoms with Crippen LogP contribution < -0.4 is 5.32 Å². The van der Waals surface area contributed by atoms with Crippen LogP contribution in [0, 0.1) is 5.41 Å². The van der Waals surface area contributed by atoms with Crippen LogP contribution in [0.1, 0.15) is 27.2 Å². The summed E-state index contributed by atoms with van der Waals surface area (Å²) < 4.78 is 0. The smallest absolute Gasteiger partial charge is 0.0436 e. The van der Waals surface area contributed by atoms with E-state index in [0.29, 0.717) is 0 Å². The van der Waals surface area contributed by atoms with E-state index in [2.05, 4.69) is 25.2 Å². The molecule has 0 heterocycles. The fourth-order valence-corrected chi connectivity index (χ4v) is 1.00. The van der Waals surface area contributed by atoms with Gasteiger partial charge in [-0.3, -0.25) is 0 Å². The lowest BCUT2D eigenvalue weighted by molar-refractivity contribution is 0.208. The van der Waals surface area contributed by atoms with E-state index in [1.807, 2.05) is 13.0 Å². The number of aliphatic hydroxyl groups excluding tert-OH is 1. The number of aliphatic hydroxyl groups is 1. The second-order valence-electron chi connectivity index (χ2n) is 3.84. The molecule has 72 valence electrons. The molecule has 0 aromatic carbocycles. The minimum atomic E-state index is 0.205. The molecule has 0 bridgehead atoms. The summed E-state index contributed by atoms with van der Waals surface area (Å²) in [5.41, 5.74) is 0.205. The van der Waals surface area contributed by atoms with E-state index in [1.165, 1.54) is 0 Å². The van der Waals surface area contributed by atoms with Crippen molar-refractivity contribution in [1.29, 1.82) is 0 Å². The summed E-state index contributed by atoms with van der Waals surface area (Å²) in [5.74, 6) is 0. The molecule has 0 radical (unpaired) electrons. The molecule has 0 rings (SSSR count). The van der Waals surface area contributed by atoms with Crippen molar-refractivity contribution < 1.29 is 5.11 Å². The van der Waals surface area contributed by atoms with E-state index in [-0.39, 0.29) is 12.0 Å². The fraction of sp³-hybridized carbons (Fsp3) is 0.800. The van der Waals surface area contributed by atoms with Crippen molar-refractivity contribution in [2.45, 2.75) is 27.2 Å². The maximum Gasteiger partial charge on any atom is 0.0436 e. The van der Waals surface area contributed by atoms with Gasteiger partial charge in [-0.25, -0.2) is 0 Å². The standard InChI is InChI=1S/C10H21NO/c1-4-5-7-11-9-10(2,3)6-8-12/h4-5,11-12H,6-9H2,1-3H3/b5-4+. The summed E-state index contributed by atoms with van der Waals surface area (Å²) >= 11 is 0. The van der Waals surface area contributed by atoms with E-state index in [4.69, 9.17) is 5.11 Å². The number of hydrogen-bond acceptors (Lipinski definition) is 2. The summed E-state index contributed by atoms with van der Waals surface area (Å²) in [7, 11) is 0. The van der Waals surface area contributed by atoms with Crippen LogP contribution in [0.3, 0.4) is 0 Å². The molecule has 0 fully saturated rings. The van der Waals surface area contributed by atoms with Crippen LogP contribution in [0.5, 0.6) is 0 Å². The maximum absolute atomic E-state index is 8.76. The van der Waals surface area contributed by atoms with Crippen LogP contribution in [-0.4, -0.2) is 24.8 Å². The molecule has 2 heteroatoms. The third-order valence-corrected chi connectivity index (χ3v) is 1.89. The molecule has 0 aromatic rings. The van der Waals surface area contributed by atoms with Crippen molar-refractivity contribution >= 4 is 0 Å². The highest BCUT2D eigenvalue weighted by Gasteiger charge is 2.15. The molecule has 0 aliphatic heterocycles. The molecule has 0 unspecified atom stereocenters. The molecule has 2 nitrogen and oxygen atoms in total. The van der Waals surface area contributed by atoms with Crippen LogP contribution in [-0.2, 0) is 0 Å². The minimum Gasteiger partial charge on any atom is -0.396 e. The Morgan fingerprint density at radius 3 is 2.58 bits per heavy atom. The first-order chi connectivity index (χ1) is 5.62. The summed E-state index contributed by atoms with van der Waals surface area (Å²) in [5, 5.41) is 12.1. The number of nitrogens with one attached hydrogen (secondary N) is 1. The molecule has 0 spiro atoms. The third-order valence-electron chi connectivity index (χ3n) is 1.89. The average molecular weight is 171 g/mol. The summed E-state index contributed by atoms with van der Waals surface area (Å²) in [6.07, 6.45) is 4.98. The molecule has 0 aliphatic carbocycles. The molecular formula is C10H21NO. The van der Waals surface area contributed by atoms with Gasteiger partial charge in [0.05, 0.1) is 0 Å². The van der Waals surface area contributed by atoms with E-state index < -0.39 is 0 Å². The van der Waals surface area contributed by atoms with Crippen molar-refractivity contribution in [3.63, 3.8) is 0 Å². The Morgan fingerprint density at radius 2 is 2.08 bits per heavy atom. The van der Waals surface area contributed by atoms with Crippen LogP contribution in [0.4, 0.5) is 0 Å². The van der Waals surface area contributed by atoms with Crippen LogP contribution >= 0.6 is 0 Å². The third kappa shape index (κ3) is 6.38. The van der Waals surface area contributed by atoms with E-state index in [0.717, 1.165) is 19.5 Å². The van der Waals surface area contributed by atoms with Gasteiger partial charge in [-0.1, -0.05) is 26.0 Å². The van der Waals surface area contributed by atoms with Gasteiger partial charge in [-0.15, -0.1) is 0 Å². The Kier molecular flexibility index (Phi) is 6.03. The molecule has 0 aromatic heterocycles. The lowest BCUT2D eigenvalue weighted by Gasteiger charge is -2.23. The monoisotopic (exact) mass is 171 g/mol. The number of rotatable bonds is 6. The van der Waals surface area contributed by atoms with Gasteiger partial charge in [0.1, 0.15) is 0 Å². The molecule has 0 amide bonds. The lowest BCUT2D eigenvalue weighted by Crippen LogP contribution is -2.30. The first-order valence-electron chi connectivity index (χ1n) is 4.55. The Bertz CT molecular complexity index is 130. The SMILES string of the molecule is C/C=C/CNCC(C)(C)CCO. The topological polar surface area (TPSA) is 32.3 Å². The van der Waals surface area contributed by atoms with Crippen molar-refractivity contribution in [2.24, 2.45) is 5.41 Å². The van der Waals surface area contributed by atoms with E-state index >= 15 is 0 Å². The highest BCUT2D eigenvalue weighted by atomic mass is 16.3. The van der Waals surface area contributed by atoms with Crippen LogP contribution in [0.15, 0.2) is 12.2 Å². The zero-order valence-corrected chi connectivity index (χ0v) is 8.43. The summed E-state index contributed by atoms with van der Waals surface area (Å²) in [6.45, 7) is 8.49. The van der Waals surface area contributed by atoms with Crippen molar-refractivity contribution in [2.75, 3.05) is 19.7 Å². The first kappa shape index (κ1) is 11.7. The van der Waals surface area contributed by atoms with E-state index in [9.17, 15) is 0 Å². The normalized spacial score (nSPS) is 12.7. The molecule has 0 saturated carbocycles. The van der Waals surface area contributed by atoms with Crippen molar-refractivity contribution in [3.8, 4) is 0 Å². The summed E-state index contributed by atoms with van der Waals surface area (Å²) in [6, 6.07) is 0. The highest BCUT2D eigenvalue weighted by Crippen LogP contribution is 2.17. The Morgan fingerprint density at radius 1 is 1.42 bits per heavy atom. The van der Waals surface area contributed by atoms with Gasteiger partial charge in [-0.05, 0) is 18.8 Å². The second kappa shape index (κ2) is 6.21. The van der Waals surface area contributed by atoms with Crippen LogP contribution in [0.25, 0.3) is 0 Å². The Hall–Kier alpha value is -0.340. The van der Waals surface area contributed by atoms with Gasteiger partial charge < -0.3 is 10.4 Å². The second-order valence-corrected chi connectivity index (χ2v) is 3.84. The van der Waals surface area contributed by atoms with Gasteiger partial charge in [0.25, 0.3) is 0 Å². The lowest BCUT2D eigenvalue weighted by atomic mass is 9.90. The largest absolute Gasteiger partial charge is 0.396 e. The zero-order valence-electron chi connectivity index (χ0n) is 8.43. The predicted octanol–water partition coefficient (Wildman–Crippen LogP) is 1.56. The van der Waals surface area contributed by atoms with Gasteiger partial charge in [0.2, 0.25) is 0 Å². The molecule has 0 atom stereocenters. The van der Waals surface area contributed by atoms with Crippen molar-refractivity contribution in [1.82, 2.24) is 5.32 Å². The Balaban J connectivity index is 3.46. The summed E-state index contributed by atoms with van der Waals surface area (Å²) in [4.78, 5) is 0. The van der Waals surface area contributed by atoms with Gasteiger partial charge in [-0.2, -0.15) is 0 Å². The molecule has 0 saturated heterocycles. The predicted molar refractivity (Wildman–Crippen MR) is 53.2 cm³/mol. The fourth-order valence-electron chi connectivity index (χ4n) is 1.00. The molecule has 12 heavy (non-hydrogen) atoms. The van der Waals surface area contributed by atoms with Gasteiger partial charge in [0.15, 0.2) is 0 Å². The highest BCUT2D eigenvalue weighted by molar-refractivity contribution is 4.81. The number of hydrogen-bond donors (Lipinski definition) is 2. The van der Waals surface area contributed by atoms with E-state index in [1.54, 1.807) is 0 Å². The Labute approximate surface area is 75.7 Å². The molecule has 0 aliphatic rings. The zero-order chi connectivity index (χ0) is 9.45. The number of allylic oxidation sites excluding steroid dienone is 1. The van der Waals surface area contributed by atoms with Crippen molar-refractivity contribution in [3.05, 3.63) is 12.2 Å². The molecular weight excluding hydrogens is 150 g/mol. The first-order valence-corrected chi connectivity index (χ1v) is 4.55. The van der Waals surface area contributed by atoms with Gasteiger partial charge in [0, 0.05) is 19.7 Å². The van der Waals surface area contributed by atoms with Gasteiger partial charge >= 0.3 is 0 Å². The van der Waals surface area contributed by atoms with Crippen LogP contribution in [0.2, 0.25) is 0 Å². The quantitative estimate of drug-likeness (QED) is 0.469. The molecule has 2 N–H and O–H groups in total. The average Bonchev–Trinajstić information content (AvgIpc) is 1.98. The maximum atomic E-state index is 8.76.